The second kappa shape index (κ2) is 5.28. The average molecular weight is 271 g/mol. The van der Waals surface area contributed by atoms with Crippen LogP contribution in [0.2, 0.25) is 0 Å². The molecular formula is C11H15BrN2O. The van der Waals surface area contributed by atoms with Crippen molar-refractivity contribution >= 4 is 21.8 Å². The van der Waals surface area contributed by atoms with Gasteiger partial charge in [0.2, 0.25) is 5.91 Å². The summed E-state index contributed by atoms with van der Waals surface area (Å²) in [6.45, 7) is 0. The van der Waals surface area contributed by atoms with Gasteiger partial charge in [-0.3, -0.25) is 4.79 Å². The molecule has 0 aliphatic heterocycles. The van der Waals surface area contributed by atoms with Crippen LogP contribution in [-0.2, 0) is 4.79 Å². The molecule has 1 aromatic carbocycles. The number of halogens is 1. The first-order chi connectivity index (χ1) is 7.00. The Kier molecular flexibility index (Phi) is 4.29. The van der Waals surface area contributed by atoms with Gasteiger partial charge >= 0.3 is 0 Å². The van der Waals surface area contributed by atoms with Crippen LogP contribution in [0.15, 0.2) is 28.7 Å². The number of carbonyl (C=O) groups excluding carboxylic acids is 1. The molecule has 1 atom stereocenters. The number of benzene rings is 1. The molecule has 1 aromatic rings. The molecular weight excluding hydrogens is 256 g/mol. The third-order valence-corrected chi connectivity index (χ3v) is 2.72. The number of rotatable bonds is 3. The molecule has 15 heavy (non-hydrogen) atoms. The maximum Gasteiger partial charge on any atom is 0.223 e. The van der Waals surface area contributed by atoms with E-state index in [1.807, 2.05) is 24.3 Å². The Bertz CT molecular complexity index is 335. The highest BCUT2D eigenvalue weighted by molar-refractivity contribution is 9.10. The van der Waals surface area contributed by atoms with Crippen molar-refractivity contribution in [3.05, 3.63) is 34.3 Å². The van der Waals surface area contributed by atoms with E-state index in [0.717, 1.165) is 10.0 Å². The number of hydrogen-bond donors (Lipinski definition) is 1. The summed E-state index contributed by atoms with van der Waals surface area (Å²) in [5.41, 5.74) is 6.90. The van der Waals surface area contributed by atoms with E-state index >= 15 is 0 Å². The van der Waals surface area contributed by atoms with E-state index in [4.69, 9.17) is 5.73 Å². The molecule has 0 aromatic heterocycles. The van der Waals surface area contributed by atoms with E-state index in [9.17, 15) is 4.79 Å². The summed E-state index contributed by atoms with van der Waals surface area (Å²) in [7, 11) is 3.47. The van der Waals surface area contributed by atoms with Crippen LogP contribution in [-0.4, -0.2) is 24.9 Å². The summed E-state index contributed by atoms with van der Waals surface area (Å²) < 4.78 is 1.01. The van der Waals surface area contributed by atoms with Gasteiger partial charge in [0, 0.05) is 31.0 Å². The first kappa shape index (κ1) is 12.2. The highest BCUT2D eigenvalue weighted by Gasteiger charge is 2.12. The minimum Gasteiger partial charge on any atom is -0.349 e. The predicted molar refractivity (Wildman–Crippen MR) is 64.4 cm³/mol. The monoisotopic (exact) mass is 270 g/mol. The quantitative estimate of drug-likeness (QED) is 0.913. The van der Waals surface area contributed by atoms with Crippen LogP contribution in [0.3, 0.4) is 0 Å². The van der Waals surface area contributed by atoms with Crippen molar-refractivity contribution in [1.82, 2.24) is 4.90 Å². The zero-order valence-electron chi connectivity index (χ0n) is 8.90. The highest BCUT2D eigenvalue weighted by Crippen LogP contribution is 2.17. The molecule has 0 spiro atoms. The summed E-state index contributed by atoms with van der Waals surface area (Å²) >= 11 is 3.35. The zero-order valence-corrected chi connectivity index (χ0v) is 10.5. The fourth-order valence-corrected chi connectivity index (χ4v) is 1.46. The van der Waals surface area contributed by atoms with Gasteiger partial charge in [0.05, 0.1) is 0 Å². The largest absolute Gasteiger partial charge is 0.349 e. The van der Waals surface area contributed by atoms with E-state index in [-0.39, 0.29) is 11.9 Å². The van der Waals surface area contributed by atoms with Crippen LogP contribution in [0.5, 0.6) is 0 Å². The number of carbonyl (C=O) groups is 1. The Balaban J connectivity index is 2.65. The van der Waals surface area contributed by atoms with Crippen molar-refractivity contribution in [2.45, 2.75) is 12.5 Å². The van der Waals surface area contributed by atoms with Crippen LogP contribution >= 0.6 is 15.9 Å². The maximum absolute atomic E-state index is 11.4. The molecule has 0 heterocycles. The Morgan fingerprint density at radius 2 is 1.93 bits per heavy atom. The summed E-state index contributed by atoms with van der Waals surface area (Å²) in [6.07, 6.45) is 0.342. The van der Waals surface area contributed by atoms with Gasteiger partial charge in [-0.25, -0.2) is 0 Å². The Labute approximate surface area is 98.4 Å². The molecule has 0 aliphatic carbocycles. The highest BCUT2D eigenvalue weighted by atomic mass is 79.9. The van der Waals surface area contributed by atoms with Gasteiger partial charge in [0.1, 0.15) is 0 Å². The van der Waals surface area contributed by atoms with Crippen LogP contribution in [0.25, 0.3) is 0 Å². The fourth-order valence-electron chi connectivity index (χ4n) is 1.20. The van der Waals surface area contributed by atoms with E-state index < -0.39 is 0 Å². The second-order valence-corrected chi connectivity index (χ2v) is 4.57. The molecule has 0 aliphatic rings. The fraction of sp³-hybridized carbons (Fsp3) is 0.364. The third-order valence-electron chi connectivity index (χ3n) is 2.19. The topological polar surface area (TPSA) is 46.3 Å². The number of nitrogens with two attached hydrogens (primary N) is 1. The Morgan fingerprint density at radius 3 is 2.40 bits per heavy atom. The van der Waals surface area contributed by atoms with Gasteiger partial charge in [-0.05, 0) is 17.7 Å². The summed E-state index contributed by atoms with van der Waals surface area (Å²) in [5.74, 6) is 0.0467. The normalized spacial score (nSPS) is 12.3. The molecule has 0 radical (unpaired) electrons. The van der Waals surface area contributed by atoms with Gasteiger partial charge < -0.3 is 10.6 Å². The molecule has 1 rings (SSSR count). The summed E-state index contributed by atoms with van der Waals surface area (Å²) in [4.78, 5) is 13.0. The minimum absolute atomic E-state index is 0.0467. The van der Waals surface area contributed by atoms with Gasteiger partial charge in [-0.1, -0.05) is 28.1 Å². The number of hydrogen-bond acceptors (Lipinski definition) is 2. The molecule has 0 saturated carbocycles. The Hall–Kier alpha value is -0.870. The SMILES string of the molecule is CN(C)C(=O)CC(N)c1ccc(Br)cc1. The van der Waals surface area contributed by atoms with Crippen molar-refractivity contribution in [1.29, 1.82) is 0 Å². The average Bonchev–Trinajstić information content (AvgIpc) is 2.18. The first-order valence-corrected chi connectivity index (χ1v) is 5.51. The summed E-state index contributed by atoms with van der Waals surface area (Å²) in [6, 6.07) is 7.48. The van der Waals surface area contributed by atoms with Gasteiger partial charge in [0.15, 0.2) is 0 Å². The number of amides is 1. The molecule has 0 fully saturated rings. The molecule has 82 valence electrons. The molecule has 1 unspecified atom stereocenters. The summed E-state index contributed by atoms with van der Waals surface area (Å²) in [5, 5.41) is 0. The molecule has 1 amide bonds. The van der Waals surface area contributed by atoms with Crippen molar-refractivity contribution in [3.63, 3.8) is 0 Å². The van der Waals surface area contributed by atoms with Crippen LogP contribution in [0.4, 0.5) is 0 Å². The first-order valence-electron chi connectivity index (χ1n) is 4.72. The van der Waals surface area contributed by atoms with Crippen molar-refractivity contribution in [2.24, 2.45) is 5.73 Å². The molecule has 4 heteroatoms. The van der Waals surface area contributed by atoms with Crippen molar-refractivity contribution in [3.8, 4) is 0 Å². The van der Waals surface area contributed by atoms with Gasteiger partial charge in [0.25, 0.3) is 0 Å². The standard InChI is InChI=1S/C11H15BrN2O/c1-14(2)11(15)7-10(13)8-3-5-9(12)6-4-8/h3-6,10H,7,13H2,1-2H3. The lowest BCUT2D eigenvalue weighted by atomic mass is 10.0. The Morgan fingerprint density at radius 1 is 1.40 bits per heavy atom. The third kappa shape index (κ3) is 3.64. The molecule has 0 saturated heterocycles. The van der Waals surface area contributed by atoms with Crippen molar-refractivity contribution < 1.29 is 4.79 Å². The van der Waals surface area contributed by atoms with Crippen LogP contribution in [0.1, 0.15) is 18.0 Å². The van der Waals surface area contributed by atoms with E-state index in [2.05, 4.69) is 15.9 Å². The van der Waals surface area contributed by atoms with E-state index in [0.29, 0.717) is 6.42 Å². The predicted octanol–water partition coefficient (Wildman–Crippen LogP) is 1.93. The lowest BCUT2D eigenvalue weighted by Gasteiger charge is -2.15. The molecule has 2 N–H and O–H groups in total. The van der Waals surface area contributed by atoms with E-state index in [1.165, 1.54) is 0 Å². The van der Waals surface area contributed by atoms with Gasteiger partial charge in [-0.15, -0.1) is 0 Å². The van der Waals surface area contributed by atoms with Crippen molar-refractivity contribution in [2.75, 3.05) is 14.1 Å². The molecule has 0 bridgehead atoms. The lowest BCUT2D eigenvalue weighted by molar-refractivity contribution is -0.129. The number of nitrogens with zero attached hydrogens (tertiary/aromatic N) is 1. The maximum atomic E-state index is 11.4. The molecule has 3 nitrogen and oxygen atoms in total. The van der Waals surface area contributed by atoms with E-state index in [1.54, 1.807) is 19.0 Å². The van der Waals surface area contributed by atoms with Crippen LogP contribution in [0, 0.1) is 0 Å². The van der Waals surface area contributed by atoms with Crippen LogP contribution < -0.4 is 5.73 Å². The van der Waals surface area contributed by atoms with Gasteiger partial charge in [-0.2, -0.15) is 0 Å². The minimum atomic E-state index is -0.229. The second-order valence-electron chi connectivity index (χ2n) is 3.65. The smallest absolute Gasteiger partial charge is 0.223 e. The lowest BCUT2D eigenvalue weighted by Crippen LogP contribution is -2.26. The zero-order chi connectivity index (χ0) is 11.4.